The average Bonchev–Trinajstić information content (AvgIpc) is 3.11. The van der Waals surface area contributed by atoms with Crippen LogP contribution in [0.5, 0.6) is 11.5 Å². The third-order valence-electron chi connectivity index (χ3n) is 4.97. The summed E-state index contributed by atoms with van der Waals surface area (Å²) in [7, 11) is 0. The molecule has 1 N–H and O–H groups in total. The van der Waals surface area contributed by atoms with Crippen LogP contribution in [-0.2, 0) is 5.75 Å². The number of thioether (sulfide) groups is 1. The molecule has 0 aliphatic rings. The summed E-state index contributed by atoms with van der Waals surface area (Å²) >= 11 is 1.49. The Morgan fingerprint density at radius 3 is 2.59 bits per heavy atom. The van der Waals surface area contributed by atoms with Crippen molar-refractivity contribution in [2.24, 2.45) is 0 Å². The lowest BCUT2D eigenvalue weighted by molar-refractivity contribution is 0.0936. The molecule has 1 aromatic carbocycles. The van der Waals surface area contributed by atoms with E-state index in [0.717, 1.165) is 22.6 Å². The van der Waals surface area contributed by atoms with Crippen LogP contribution in [0.3, 0.4) is 0 Å². The minimum absolute atomic E-state index is 0.182. The van der Waals surface area contributed by atoms with E-state index in [-0.39, 0.29) is 11.9 Å². The molecule has 3 aromatic rings. The minimum Gasteiger partial charge on any atom is -0.490 e. The number of amides is 1. The van der Waals surface area contributed by atoms with Crippen molar-refractivity contribution in [3.05, 3.63) is 64.7 Å². The molecular formula is C24H29N3O4S. The first-order valence-corrected chi connectivity index (χ1v) is 11.6. The van der Waals surface area contributed by atoms with Crippen LogP contribution in [0.25, 0.3) is 0 Å². The van der Waals surface area contributed by atoms with Crippen molar-refractivity contribution in [3.63, 3.8) is 0 Å². The van der Waals surface area contributed by atoms with Gasteiger partial charge in [-0.2, -0.15) is 0 Å². The molecule has 0 spiro atoms. The fourth-order valence-corrected chi connectivity index (χ4v) is 4.37. The van der Waals surface area contributed by atoms with E-state index in [0.29, 0.717) is 41.1 Å². The molecule has 32 heavy (non-hydrogen) atoms. The van der Waals surface area contributed by atoms with Crippen LogP contribution in [0.1, 0.15) is 59.8 Å². The number of carbonyl (C=O) groups is 1. The molecule has 8 heteroatoms. The molecule has 0 bridgehead atoms. The highest BCUT2D eigenvalue weighted by atomic mass is 32.2. The molecule has 1 unspecified atom stereocenters. The molecule has 0 aliphatic carbocycles. The Balaban J connectivity index is 1.74. The lowest BCUT2D eigenvalue weighted by Gasteiger charge is -2.18. The van der Waals surface area contributed by atoms with Gasteiger partial charge in [0.25, 0.3) is 5.91 Å². The van der Waals surface area contributed by atoms with E-state index >= 15 is 0 Å². The number of nitrogens with one attached hydrogen (secondary N) is 1. The van der Waals surface area contributed by atoms with Gasteiger partial charge in [-0.25, -0.2) is 4.98 Å². The lowest BCUT2D eigenvalue weighted by atomic mass is 10.1. The number of benzene rings is 1. The molecule has 2 aromatic heterocycles. The molecule has 2 heterocycles. The summed E-state index contributed by atoms with van der Waals surface area (Å²) in [5.41, 5.74) is 3.34. The zero-order valence-corrected chi connectivity index (χ0v) is 19.9. The summed E-state index contributed by atoms with van der Waals surface area (Å²) in [6, 6.07) is 9.06. The fraction of sp³-hybridized carbons (Fsp3) is 0.375. The molecule has 0 radical (unpaired) electrons. The minimum atomic E-state index is -0.224. The van der Waals surface area contributed by atoms with Gasteiger partial charge in [-0.1, -0.05) is 11.2 Å². The normalized spacial score (nSPS) is 11.8. The van der Waals surface area contributed by atoms with Gasteiger partial charge in [-0.15, -0.1) is 11.8 Å². The standard InChI is InChI=1S/C24H29N3O4S/c1-6-29-21-11-10-18(13-22(21)30-7-2)15(3)26-23(28)19-9-8-12-25-24(19)32-14-20-16(4)27-31-17(20)5/h8-13,15H,6-7,14H2,1-5H3,(H,26,28). The van der Waals surface area contributed by atoms with Crippen molar-refractivity contribution in [2.45, 2.75) is 51.4 Å². The number of nitrogens with zero attached hydrogens (tertiary/aromatic N) is 2. The highest BCUT2D eigenvalue weighted by Gasteiger charge is 2.18. The summed E-state index contributed by atoms with van der Waals surface area (Å²) in [5.74, 6) is 2.60. The first-order chi connectivity index (χ1) is 15.4. The molecule has 1 atom stereocenters. The predicted molar refractivity (Wildman–Crippen MR) is 124 cm³/mol. The van der Waals surface area contributed by atoms with Crippen LogP contribution in [0.15, 0.2) is 46.1 Å². The van der Waals surface area contributed by atoms with E-state index in [1.165, 1.54) is 11.8 Å². The molecule has 3 rings (SSSR count). The van der Waals surface area contributed by atoms with Crippen LogP contribution in [0.4, 0.5) is 0 Å². The van der Waals surface area contributed by atoms with Crippen LogP contribution >= 0.6 is 11.8 Å². The number of aromatic nitrogens is 2. The molecule has 7 nitrogen and oxygen atoms in total. The van der Waals surface area contributed by atoms with E-state index in [2.05, 4.69) is 15.5 Å². The van der Waals surface area contributed by atoms with Gasteiger partial charge >= 0.3 is 0 Å². The lowest BCUT2D eigenvalue weighted by Crippen LogP contribution is -2.27. The summed E-state index contributed by atoms with van der Waals surface area (Å²) in [6.45, 7) is 10.7. The average molecular weight is 456 g/mol. The van der Waals surface area contributed by atoms with Gasteiger partial charge in [0.1, 0.15) is 10.8 Å². The maximum atomic E-state index is 13.1. The monoisotopic (exact) mass is 455 g/mol. The molecule has 0 aliphatic heterocycles. The largest absolute Gasteiger partial charge is 0.490 e. The first kappa shape index (κ1) is 23.7. The summed E-state index contributed by atoms with van der Waals surface area (Å²) in [6.07, 6.45) is 1.69. The van der Waals surface area contributed by atoms with E-state index in [1.807, 2.05) is 52.8 Å². The molecule has 0 saturated carbocycles. The summed E-state index contributed by atoms with van der Waals surface area (Å²) in [5, 5.41) is 7.73. The van der Waals surface area contributed by atoms with Crippen LogP contribution in [0, 0.1) is 13.8 Å². The van der Waals surface area contributed by atoms with Crippen molar-refractivity contribution >= 4 is 17.7 Å². The Morgan fingerprint density at radius 2 is 1.91 bits per heavy atom. The van der Waals surface area contributed by atoms with E-state index in [4.69, 9.17) is 14.0 Å². The Morgan fingerprint density at radius 1 is 1.16 bits per heavy atom. The fourth-order valence-electron chi connectivity index (χ4n) is 3.22. The second-order valence-electron chi connectivity index (χ2n) is 7.21. The van der Waals surface area contributed by atoms with Gasteiger partial charge in [-0.3, -0.25) is 4.79 Å². The van der Waals surface area contributed by atoms with Crippen molar-refractivity contribution in [3.8, 4) is 11.5 Å². The molecule has 0 fully saturated rings. The zero-order valence-electron chi connectivity index (χ0n) is 19.1. The van der Waals surface area contributed by atoms with E-state index < -0.39 is 0 Å². The Kier molecular flexibility index (Phi) is 8.16. The van der Waals surface area contributed by atoms with E-state index in [1.54, 1.807) is 18.3 Å². The summed E-state index contributed by atoms with van der Waals surface area (Å²) < 4.78 is 16.6. The van der Waals surface area contributed by atoms with Crippen LogP contribution < -0.4 is 14.8 Å². The topological polar surface area (TPSA) is 86.5 Å². The van der Waals surface area contributed by atoms with Crippen molar-refractivity contribution in [1.29, 1.82) is 0 Å². The number of rotatable bonds is 10. The Hall–Kier alpha value is -3.00. The van der Waals surface area contributed by atoms with Gasteiger partial charge in [0.05, 0.1) is 30.5 Å². The first-order valence-electron chi connectivity index (χ1n) is 10.6. The van der Waals surface area contributed by atoms with Gasteiger partial charge in [0, 0.05) is 17.5 Å². The molecular weight excluding hydrogens is 426 g/mol. The summed E-state index contributed by atoms with van der Waals surface area (Å²) in [4.78, 5) is 17.5. The molecule has 1 amide bonds. The third kappa shape index (κ3) is 5.62. The van der Waals surface area contributed by atoms with Gasteiger partial charge in [0.2, 0.25) is 0 Å². The maximum Gasteiger partial charge on any atom is 0.254 e. The Bertz CT molecular complexity index is 1050. The maximum absolute atomic E-state index is 13.1. The number of ether oxygens (including phenoxy) is 2. The Labute approximate surface area is 192 Å². The van der Waals surface area contributed by atoms with Crippen LogP contribution in [0.2, 0.25) is 0 Å². The predicted octanol–water partition coefficient (Wildman–Crippen LogP) is 5.27. The second kappa shape index (κ2) is 11.0. The number of pyridine rings is 1. The van der Waals surface area contributed by atoms with Gasteiger partial charge in [0.15, 0.2) is 11.5 Å². The van der Waals surface area contributed by atoms with Crippen molar-refractivity contribution < 1.29 is 18.8 Å². The number of carbonyl (C=O) groups excluding carboxylic acids is 1. The van der Waals surface area contributed by atoms with Crippen molar-refractivity contribution in [2.75, 3.05) is 13.2 Å². The highest BCUT2D eigenvalue weighted by Crippen LogP contribution is 2.31. The zero-order chi connectivity index (χ0) is 23.1. The number of hydrogen-bond acceptors (Lipinski definition) is 7. The SMILES string of the molecule is CCOc1ccc(C(C)NC(=O)c2cccnc2SCc2c(C)noc2C)cc1OCC. The second-order valence-corrected chi connectivity index (χ2v) is 8.18. The van der Waals surface area contributed by atoms with E-state index in [9.17, 15) is 4.79 Å². The number of hydrogen-bond donors (Lipinski definition) is 1. The quantitative estimate of drug-likeness (QED) is 0.417. The highest BCUT2D eigenvalue weighted by molar-refractivity contribution is 7.98. The molecule has 170 valence electrons. The smallest absolute Gasteiger partial charge is 0.254 e. The van der Waals surface area contributed by atoms with Crippen LogP contribution in [-0.4, -0.2) is 29.3 Å². The van der Waals surface area contributed by atoms with Gasteiger partial charge < -0.3 is 19.3 Å². The number of aryl methyl sites for hydroxylation is 2. The molecule has 0 saturated heterocycles. The third-order valence-corrected chi connectivity index (χ3v) is 6.00. The van der Waals surface area contributed by atoms with Gasteiger partial charge in [-0.05, 0) is 64.4 Å². The van der Waals surface area contributed by atoms with Crippen molar-refractivity contribution in [1.82, 2.24) is 15.5 Å².